The van der Waals surface area contributed by atoms with Gasteiger partial charge in [-0.3, -0.25) is 4.79 Å². The van der Waals surface area contributed by atoms with E-state index in [-0.39, 0.29) is 17.1 Å². The summed E-state index contributed by atoms with van der Waals surface area (Å²) >= 11 is 1.15. The SMILES string of the molecule is COc1ccc(F)cc1C(=O)CSc1ncco1. The summed E-state index contributed by atoms with van der Waals surface area (Å²) in [7, 11) is 1.44. The number of oxazole rings is 1. The summed E-state index contributed by atoms with van der Waals surface area (Å²) in [6.07, 6.45) is 2.92. The maximum Gasteiger partial charge on any atom is 0.255 e. The van der Waals surface area contributed by atoms with E-state index in [0.717, 1.165) is 17.8 Å². The predicted octanol–water partition coefficient (Wildman–Crippen LogP) is 2.80. The Bertz CT molecular complexity index is 542. The Kier molecular flexibility index (Phi) is 3.99. The van der Waals surface area contributed by atoms with E-state index in [2.05, 4.69) is 4.98 Å². The molecule has 0 radical (unpaired) electrons. The van der Waals surface area contributed by atoms with Crippen LogP contribution >= 0.6 is 11.8 Å². The van der Waals surface area contributed by atoms with Crippen LogP contribution in [0.4, 0.5) is 4.39 Å². The quantitative estimate of drug-likeness (QED) is 0.616. The van der Waals surface area contributed by atoms with E-state index in [4.69, 9.17) is 9.15 Å². The van der Waals surface area contributed by atoms with Gasteiger partial charge in [0.05, 0.1) is 24.6 Å². The van der Waals surface area contributed by atoms with E-state index >= 15 is 0 Å². The maximum absolute atomic E-state index is 13.1. The highest BCUT2D eigenvalue weighted by molar-refractivity contribution is 7.99. The number of thioether (sulfide) groups is 1. The number of aromatic nitrogens is 1. The van der Waals surface area contributed by atoms with Gasteiger partial charge < -0.3 is 9.15 Å². The van der Waals surface area contributed by atoms with Gasteiger partial charge in [-0.1, -0.05) is 11.8 Å². The van der Waals surface area contributed by atoms with Crippen molar-refractivity contribution in [3.05, 3.63) is 42.0 Å². The lowest BCUT2D eigenvalue weighted by molar-refractivity contribution is 0.101. The molecule has 1 aromatic carbocycles. The molecule has 0 aliphatic rings. The second-order valence-electron chi connectivity index (χ2n) is 3.35. The fourth-order valence-corrected chi connectivity index (χ4v) is 2.05. The van der Waals surface area contributed by atoms with Crippen LogP contribution in [0.1, 0.15) is 10.4 Å². The molecule has 0 bridgehead atoms. The zero-order valence-electron chi connectivity index (χ0n) is 9.55. The minimum atomic E-state index is -0.472. The first-order chi connectivity index (χ1) is 8.70. The second-order valence-corrected chi connectivity index (χ2v) is 4.28. The van der Waals surface area contributed by atoms with E-state index in [0.29, 0.717) is 11.0 Å². The van der Waals surface area contributed by atoms with Crippen molar-refractivity contribution in [2.45, 2.75) is 5.22 Å². The zero-order valence-corrected chi connectivity index (χ0v) is 10.4. The summed E-state index contributed by atoms with van der Waals surface area (Å²) in [4.78, 5) is 15.8. The highest BCUT2D eigenvalue weighted by atomic mass is 32.2. The van der Waals surface area contributed by atoms with Gasteiger partial charge in [-0.25, -0.2) is 9.37 Å². The largest absolute Gasteiger partial charge is 0.496 e. The van der Waals surface area contributed by atoms with E-state index < -0.39 is 5.82 Å². The van der Waals surface area contributed by atoms with E-state index in [1.54, 1.807) is 0 Å². The molecule has 0 aliphatic carbocycles. The Morgan fingerprint density at radius 3 is 3.06 bits per heavy atom. The lowest BCUT2D eigenvalue weighted by Crippen LogP contribution is -2.05. The normalized spacial score (nSPS) is 10.3. The van der Waals surface area contributed by atoms with Gasteiger partial charge in [0.2, 0.25) is 0 Å². The molecule has 0 saturated heterocycles. The standard InChI is InChI=1S/C12H10FNO3S/c1-16-11-3-2-8(13)6-9(11)10(15)7-18-12-14-4-5-17-12/h2-6H,7H2,1H3. The Balaban J connectivity index is 2.10. The first-order valence-corrected chi connectivity index (χ1v) is 6.08. The monoisotopic (exact) mass is 267 g/mol. The average molecular weight is 267 g/mol. The van der Waals surface area contributed by atoms with Gasteiger partial charge in [-0.15, -0.1) is 0 Å². The van der Waals surface area contributed by atoms with Crippen molar-refractivity contribution in [2.75, 3.05) is 12.9 Å². The minimum absolute atomic E-state index is 0.111. The van der Waals surface area contributed by atoms with Crippen LogP contribution in [0, 0.1) is 5.82 Å². The molecule has 6 heteroatoms. The number of carbonyl (C=O) groups is 1. The number of rotatable bonds is 5. The van der Waals surface area contributed by atoms with Crippen LogP contribution in [0.15, 0.2) is 40.3 Å². The maximum atomic E-state index is 13.1. The van der Waals surface area contributed by atoms with Gasteiger partial charge in [0, 0.05) is 0 Å². The molecule has 2 rings (SSSR count). The summed E-state index contributed by atoms with van der Waals surface area (Å²) < 4.78 is 23.1. The Morgan fingerprint density at radius 2 is 2.39 bits per heavy atom. The van der Waals surface area contributed by atoms with Crippen molar-refractivity contribution in [3.8, 4) is 5.75 Å². The first-order valence-electron chi connectivity index (χ1n) is 5.09. The van der Waals surface area contributed by atoms with Crippen molar-refractivity contribution in [3.63, 3.8) is 0 Å². The van der Waals surface area contributed by atoms with Gasteiger partial charge in [-0.2, -0.15) is 0 Å². The fourth-order valence-electron chi connectivity index (χ4n) is 1.38. The molecule has 0 atom stereocenters. The summed E-state index contributed by atoms with van der Waals surface area (Å²) in [6, 6.07) is 3.84. The van der Waals surface area contributed by atoms with Crippen molar-refractivity contribution in [1.29, 1.82) is 0 Å². The number of benzene rings is 1. The number of hydrogen-bond acceptors (Lipinski definition) is 5. The molecule has 0 unspecified atom stereocenters. The molecule has 0 fully saturated rings. The molecule has 0 spiro atoms. The van der Waals surface area contributed by atoms with Crippen LogP contribution in [0.2, 0.25) is 0 Å². The number of ether oxygens (including phenoxy) is 1. The van der Waals surface area contributed by atoms with Crippen LogP contribution in [-0.2, 0) is 0 Å². The van der Waals surface area contributed by atoms with Gasteiger partial charge in [0.15, 0.2) is 5.78 Å². The van der Waals surface area contributed by atoms with Crippen molar-refractivity contribution in [1.82, 2.24) is 4.98 Å². The molecular weight excluding hydrogens is 257 g/mol. The van der Waals surface area contributed by atoms with E-state index in [1.165, 1.54) is 31.7 Å². The lowest BCUT2D eigenvalue weighted by atomic mass is 10.1. The third kappa shape index (κ3) is 2.89. The summed E-state index contributed by atoms with van der Waals surface area (Å²) in [6.45, 7) is 0. The van der Waals surface area contributed by atoms with Crippen LogP contribution in [0.25, 0.3) is 0 Å². The van der Waals surface area contributed by atoms with Gasteiger partial charge in [0.1, 0.15) is 17.8 Å². The smallest absolute Gasteiger partial charge is 0.255 e. The Morgan fingerprint density at radius 1 is 1.56 bits per heavy atom. The molecule has 94 valence electrons. The third-order valence-corrected chi connectivity index (χ3v) is 3.05. The Labute approximate surface area is 107 Å². The number of halogens is 1. The van der Waals surface area contributed by atoms with Gasteiger partial charge in [0.25, 0.3) is 5.22 Å². The topological polar surface area (TPSA) is 52.3 Å². The average Bonchev–Trinajstić information content (AvgIpc) is 2.89. The predicted molar refractivity (Wildman–Crippen MR) is 64.5 cm³/mol. The van der Waals surface area contributed by atoms with Crippen LogP contribution in [0.5, 0.6) is 5.75 Å². The molecule has 2 aromatic rings. The van der Waals surface area contributed by atoms with Crippen LogP contribution < -0.4 is 4.74 Å². The third-order valence-electron chi connectivity index (χ3n) is 2.20. The van der Waals surface area contributed by atoms with Gasteiger partial charge >= 0.3 is 0 Å². The zero-order chi connectivity index (χ0) is 13.0. The van der Waals surface area contributed by atoms with Crippen LogP contribution in [0.3, 0.4) is 0 Å². The number of Topliss-reactive ketones (excluding diaryl/α,β-unsaturated/α-hetero) is 1. The number of carbonyl (C=O) groups excluding carboxylic acids is 1. The molecule has 0 aliphatic heterocycles. The molecule has 4 nitrogen and oxygen atoms in total. The minimum Gasteiger partial charge on any atom is -0.496 e. The van der Waals surface area contributed by atoms with Gasteiger partial charge in [-0.05, 0) is 18.2 Å². The lowest BCUT2D eigenvalue weighted by Gasteiger charge is -2.06. The fraction of sp³-hybridized carbons (Fsp3) is 0.167. The number of nitrogens with zero attached hydrogens (tertiary/aromatic N) is 1. The molecular formula is C12H10FNO3S. The molecule has 18 heavy (non-hydrogen) atoms. The Hall–Kier alpha value is -1.82. The van der Waals surface area contributed by atoms with Crippen molar-refractivity contribution in [2.24, 2.45) is 0 Å². The highest BCUT2D eigenvalue weighted by Crippen LogP contribution is 2.23. The molecule has 1 aromatic heterocycles. The number of methoxy groups -OCH3 is 1. The van der Waals surface area contributed by atoms with Crippen LogP contribution in [-0.4, -0.2) is 23.6 Å². The van der Waals surface area contributed by atoms with Crippen molar-refractivity contribution < 1.29 is 18.3 Å². The summed E-state index contributed by atoms with van der Waals surface area (Å²) in [5, 5.41) is 0.402. The molecule has 0 amide bonds. The van der Waals surface area contributed by atoms with Crippen molar-refractivity contribution >= 4 is 17.5 Å². The highest BCUT2D eigenvalue weighted by Gasteiger charge is 2.14. The number of ketones is 1. The summed E-state index contributed by atoms with van der Waals surface area (Å²) in [5.41, 5.74) is 0.219. The molecule has 1 heterocycles. The summed E-state index contributed by atoms with van der Waals surface area (Å²) in [5.74, 6) is -0.246. The number of hydrogen-bond donors (Lipinski definition) is 0. The first kappa shape index (κ1) is 12.6. The van der Waals surface area contributed by atoms with E-state index in [1.807, 2.05) is 0 Å². The second kappa shape index (κ2) is 5.68. The molecule has 0 N–H and O–H groups in total. The van der Waals surface area contributed by atoms with E-state index in [9.17, 15) is 9.18 Å². The molecule has 0 saturated carbocycles.